The van der Waals surface area contributed by atoms with Crippen LogP contribution in [-0.4, -0.2) is 29.9 Å². The minimum absolute atomic E-state index is 0.0591. The van der Waals surface area contributed by atoms with E-state index in [-0.39, 0.29) is 18.2 Å². The topological polar surface area (TPSA) is 84.9 Å². The molecule has 1 aliphatic heterocycles. The first-order chi connectivity index (χ1) is 16.5. The number of carbonyl (C=O) groups excluding carboxylic acids is 3. The second-order valence-electron chi connectivity index (χ2n) is 7.78. The highest BCUT2D eigenvalue weighted by atomic mass is 16.5. The number of hydrogen-bond acceptors (Lipinski definition) is 5. The molecular weight excluding hydrogens is 432 g/mol. The second-order valence-corrected chi connectivity index (χ2v) is 7.78. The number of amides is 4. The van der Waals surface area contributed by atoms with Crippen LogP contribution in [0.25, 0.3) is 6.08 Å². The third kappa shape index (κ3) is 4.99. The third-order valence-electron chi connectivity index (χ3n) is 5.44. The molecule has 0 aliphatic carbocycles. The van der Waals surface area contributed by atoms with Gasteiger partial charge in [0, 0.05) is 0 Å². The lowest BCUT2D eigenvalue weighted by atomic mass is 10.1. The molecule has 0 radical (unpaired) electrons. The Morgan fingerprint density at radius 2 is 1.59 bits per heavy atom. The fourth-order valence-corrected chi connectivity index (χ4v) is 3.62. The van der Waals surface area contributed by atoms with Crippen molar-refractivity contribution >= 4 is 23.9 Å². The summed E-state index contributed by atoms with van der Waals surface area (Å²) in [6.45, 7) is 2.00. The first kappa shape index (κ1) is 22.8. The number of ether oxygens (including phenoxy) is 2. The van der Waals surface area contributed by atoms with Gasteiger partial charge >= 0.3 is 6.03 Å². The van der Waals surface area contributed by atoms with E-state index >= 15 is 0 Å². The molecule has 34 heavy (non-hydrogen) atoms. The van der Waals surface area contributed by atoms with Crippen LogP contribution in [0.4, 0.5) is 4.79 Å². The van der Waals surface area contributed by atoms with E-state index in [4.69, 9.17) is 9.47 Å². The van der Waals surface area contributed by atoms with Crippen molar-refractivity contribution in [2.24, 2.45) is 0 Å². The van der Waals surface area contributed by atoms with E-state index < -0.39 is 17.8 Å². The first-order valence-corrected chi connectivity index (χ1v) is 10.8. The summed E-state index contributed by atoms with van der Waals surface area (Å²) in [5, 5.41) is 2.24. The van der Waals surface area contributed by atoms with Gasteiger partial charge in [-0.15, -0.1) is 0 Å². The van der Waals surface area contributed by atoms with Crippen LogP contribution in [0.3, 0.4) is 0 Å². The monoisotopic (exact) mass is 456 g/mol. The third-order valence-corrected chi connectivity index (χ3v) is 5.44. The van der Waals surface area contributed by atoms with Crippen molar-refractivity contribution < 1.29 is 23.9 Å². The minimum Gasteiger partial charge on any atom is -0.493 e. The molecule has 1 aliphatic rings. The number of imide groups is 2. The Balaban J connectivity index is 1.57. The number of carbonyl (C=O) groups is 3. The molecule has 7 heteroatoms. The van der Waals surface area contributed by atoms with Crippen LogP contribution < -0.4 is 14.8 Å². The van der Waals surface area contributed by atoms with E-state index in [0.29, 0.717) is 17.1 Å². The van der Waals surface area contributed by atoms with Crippen LogP contribution in [0.1, 0.15) is 29.7 Å². The maximum Gasteiger partial charge on any atom is 0.331 e. The molecule has 1 fully saturated rings. The smallest absolute Gasteiger partial charge is 0.331 e. The molecule has 0 aromatic heterocycles. The predicted octanol–water partition coefficient (Wildman–Crippen LogP) is 4.50. The number of hydrogen-bond donors (Lipinski definition) is 1. The zero-order valence-electron chi connectivity index (χ0n) is 18.9. The van der Waals surface area contributed by atoms with Gasteiger partial charge in [0.2, 0.25) is 0 Å². The van der Waals surface area contributed by atoms with Gasteiger partial charge in [0.1, 0.15) is 11.7 Å². The molecule has 4 rings (SSSR count). The van der Waals surface area contributed by atoms with Crippen molar-refractivity contribution in [3.05, 3.63) is 101 Å². The second kappa shape index (κ2) is 10.0. The van der Waals surface area contributed by atoms with Crippen LogP contribution in [0.5, 0.6) is 11.5 Å². The molecule has 3 aromatic rings. The molecule has 172 valence electrons. The highest BCUT2D eigenvalue weighted by Gasteiger charge is 2.35. The Kier molecular flexibility index (Phi) is 6.73. The van der Waals surface area contributed by atoms with Gasteiger partial charge in [0.05, 0.1) is 13.7 Å². The molecule has 0 saturated carbocycles. The molecule has 1 atom stereocenters. The van der Waals surface area contributed by atoms with E-state index in [1.54, 1.807) is 30.3 Å². The lowest BCUT2D eigenvalue weighted by Gasteiger charge is -2.26. The number of nitrogens with zero attached hydrogens (tertiary/aromatic N) is 1. The van der Waals surface area contributed by atoms with Crippen molar-refractivity contribution in [2.75, 3.05) is 7.11 Å². The Hall–Kier alpha value is -4.39. The summed E-state index contributed by atoms with van der Waals surface area (Å²) >= 11 is 0. The van der Waals surface area contributed by atoms with E-state index in [9.17, 15) is 14.4 Å². The Bertz CT molecular complexity index is 1240. The number of methoxy groups -OCH3 is 1. The summed E-state index contributed by atoms with van der Waals surface area (Å²) < 4.78 is 11.5. The highest BCUT2D eigenvalue weighted by Crippen LogP contribution is 2.33. The number of rotatable bonds is 7. The summed E-state index contributed by atoms with van der Waals surface area (Å²) in [5.74, 6) is -0.412. The predicted molar refractivity (Wildman–Crippen MR) is 127 cm³/mol. The van der Waals surface area contributed by atoms with Crippen molar-refractivity contribution in [3.8, 4) is 11.5 Å². The molecule has 0 unspecified atom stereocenters. The average Bonchev–Trinajstić information content (AvgIpc) is 2.86. The Labute approximate surface area is 197 Å². The van der Waals surface area contributed by atoms with Crippen LogP contribution in [0.2, 0.25) is 0 Å². The Morgan fingerprint density at radius 1 is 0.912 bits per heavy atom. The summed E-state index contributed by atoms with van der Waals surface area (Å²) in [6, 6.07) is 23.3. The van der Waals surface area contributed by atoms with Gasteiger partial charge in [-0.1, -0.05) is 66.7 Å². The van der Waals surface area contributed by atoms with E-state index in [2.05, 4.69) is 5.32 Å². The van der Waals surface area contributed by atoms with Crippen LogP contribution in [0, 0.1) is 0 Å². The highest BCUT2D eigenvalue weighted by molar-refractivity contribution is 6.30. The minimum atomic E-state index is -0.743. The molecule has 0 spiro atoms. The molecule has 1 N–H and O–H groups in total. The Morgan fingerprint density at radius 3 is 2.26 bits per heavy atom. The number of nitrogens with one attached hydrogen (secondary N) is 1. The van der Waals surface area contributed by atoms with E-state index in [1.807, 2.05) is 55.5 Å². The molecule has 1 heterocycles. The molecule has 1 saturated heterocycles. The van der Waals surface area contributed by atoms with E-state index in [0.717, 1.165) is 16.0 Å². The average molecular weight is 456 g/mol. The van der Waals surface area contributed by atoms with Crippen molar-refractivity contribution in [3.63, 3.8) is 0 Å². The summed E-state index contributed by atoms with van der Waals surface area (Å²) in [4.78, 5) is 38.7. The zero-order chi connectivity index (χ0) is 24.1. The van der Waals surface area contributed by atoms with Gasteiger partial charge in [0.25, 0.3) is 11.8 Å². The van der Waals surface area contributed by atoms with Crippen molar-refractivity contribution in [1.29, 1.82) is 0 Å². The van der Waals surface area contributed by atoms with Crippen LogP contribution >= 0.6 is 0 Å². The fraction of sp³-hybridized carbons (Fsp3) is 0.148. The van der Waals surface area contributed by atoms with Gasteiger partial charge in [-0.25, -0.2) is 4.79 Å². The van der Waals surface area contributed by atoms with Gasteiger partial charge in [-0.3, -0.25) is 19.8 Å². The van der Waals surface area contributed by atoms with Crippen molar-refractivity contribution in [1.82, 2.24) is 10.2 Å². The SMILES string of the molecule is COc1cc(/C=C2\C(=O)NC(=O)N(Cc3ccccc3)C2=O)ccc1O[C@H](C)c1ccccc1. The first-order valence-electron chi connectivity index (χ1n) is 10.8. The molecule has 7 nitrogen and oxygen atoms in total. The number of benzene rings is 3. The lowest BCUT2D eigenvalue weighted by molar-refractivity contribution is -0.130. The fourth-order valence-electron chi connectivity index (χ4n) is 3.62. The molecule has 4 amide bonds. The lowest BCUT2D eigenvalue weighted by Crippen LogP contribution is -2.53. The van der Waals surface area contributed by atoms with Crippen LogP contribution in [-0.2, 0) is 16.1 Å². The quantitative estimate of drug-likeness (QED) is 0.418. The van der Waals surface area contributed by atoms with Gasteiger partial charge < -0.3 is 9.47 Å². The van der Waals surface area contributed by atoms with Crippen molar-refractivity contribution in [2.45, 2.75) is 19.6 Å². The van der Waals surface area contributed by atoms with Gasteiger partial charge in [-0.05, 0) is 41.8 Å². The summed E-state index contributed by atoms with van der Waals surface area (Å²) in [6.07, 6.45) is 1.23. The molecule has 3 aromatic carbocycles. The molecular formula is C27H24N2O5. The normalized spacial score (nSPS) is 15.8. The summed E-state index contributed by atoms with van der Waals surface area (Å²) in [5.41, 5.74) is 2.21. The number of barbiturate groups is 1. The van der Waals surface area contributed by atoms with Gasteiger partial charge in [-0.2, -0.15) is 0 Å². The van der Waals surface area contributed by atoms with E-state index in [1.165, 1.54) is 13.2 Å². The van der Waals surface area contributed by atoms with Crippen LogP contribution in [0.15, 0.2) is 84.4 Å². The van der Waals surface area contributed by atoms with Gasteiger partial charge in [0.15, 0.2) is 11.5 Å². The standard InChI is InChI=1S/C27H24N2O5/c1-18(21-11-7-4-8-12-21)34-23-14-13-20(16-24(23)33-2)15-22-25(30)28-27(32)29(26(22)31)17-19-9-5-3-6-10-19/h3-16,18H,17H2,1-2H3,(H,28,30,32)/b22-15+/t18-/m1/s1. The molecule has 0 bridgehead atoms. The zero-order valence-corrected chi connectivity index (χ0v) is 18.9. The largest absolute Gasteiger partial charge is 0.493 e. The number of urea groups is 1. The summed E-state index contributed by atoms with van der Waals surface area (Å²) in [7, 11) is 1.52. The maximum atomic E-state index is 13.0. The maximum absolute atomic E-state index is 13.0.